The molecule has 6 heteroatoms. The van der Waals surface area contributed by atoms with Gasteiger partial charge in [-0.1, -0.05) is 52.6 Å². The molecule has 2 rings (SSSR count). The van der Waals surface area contributed by atoms with Gasteiger partial charge in [0.15, 0.2) is 9.02 Å². The maximum Gasteiger partial charge on any atom is 0.258 e. The van der Waals surface area contributed by atoms with Gasteiger partial charge in [0.1, 0.15) is 5.37 Å². The van der Waals surface area contributed by atoms with Gasteiger partial charge in [-0.2, -0.15) is 0 Å². The normalized spacial score (nSPS) is 26.9. The van der Waals surface area contributed by atoms with Gasteiger partial charge in [0.2, 0.25) is 0 Å². The molecule has 18 heavy (non-hydrogen) atoms. The van der Waals surface area contributed by atoms with Gasteiger partial charge >= 0.3 is 0 Å². The van der Waals surface area contributed by atoms with Crippen molar-refractivity contribution in [2.75, 3.05) is 5.75 Å². The number of fused-ring (bicyclic) bond motifs is 1. The van der Waals surface area contributed by atoms with Crippen LogP contribution in [0.2, 0.25) is 0 Å². The zero-order valence-corrected chi connectivity index (χ0v) is 14.7. The number of hydrogen-bond acceptors (Lipinski definition) is 3. The van der Waals surface area contributed by atoms with Gasteiger partial charge in [0.25, 0.3) is 5.91 Å². The third-order valence-corrected chi connectivity index (χ3v) is 6.68. The fraction of sp³-hybridized carbons (Fsp3) is 0.667. The van der Waals surface area contributed by atoms with E-state index in [1.54, 1.807) is 16.7 Å². The molecule has 2 aliphatic rings. The van der Waals surface area contributed by atoms with Crippen molar-refractivity contribution < 1.29 is 9.59 Å². The minimum absolute atomic E-state index is 0.0363. The number of amides is 1. The number of hydrogen-bond donors (Lipinski definition) is 0. The van der Waals surface area contributed by atoms with Crippen molar-refractivity contribution in [1.82, 2.24) is 4.90 Å². The van der Waals surface area contributed by atoms with Crippen LogP contribution >= 0.6 is 43.6 Å². The first-order chi connectivity index (χ1) is 8.08. The second kappa shape index (κ2) is 4.35. The predicted octanol–water partition coefficient (Wildman–Crippen LogP) is 3.28. The summed E-state index contributed by atoms with van der Waals surface area (Å²) < 4.78 is -0.714. The van der Waals surface area contributed by atoms with Crippen molar-refractivity contribution in [3.63, 3.8) is 0 Å². The Hall–Kier alpha value is 0.190. The van der Waals surface area contributed by atoms with Gasteiger partial charge in [0.05, 0.1) is 5.70 Å². The first-order valence-corrected chi connectivity index (χ1v) is 8.29. The Kier molecular flexibility index (Phi) is 3.53. The van der Waals surface area contributed by atoms with Gasteiger partial charge in [-0.25, -0.2) is 0 Å². The molecule has 1 amide bonds. The maximum atomic E-state index is 12.5. The van der Waals surface area contributed by atoms with Crippen molar-refractivity contribution in [3.8, 4) is 0 Å². The molecule has 1 unspecified atom stereocenters. The molecule has 0 saturated carbocycles. The largest absolute Gasteiger partial charge is 0.292 e. The average molecular weight is 397 g/mol. The molecule has 2 heterocycles. The van der Waals surface area contributed by atoms with E-state index < -0.39 is 8.65 Å². The van der Waals surface area contributed by atoms with Crippen LogP contribution in [0.5, 0.6) is 0 Å². The molecule has 0 aromatic carbocycles. The molecule has 1 fully saturated rings. The molecule has 0 radical (unpaired) electrons. The fourth-order valence-corrected chi connectivity index (χ4v) is 4.79. The molecule has 1 atom stereocenters. The fourth-order valence-electron chi connectivity index (χ4n) is 2.00. The van der Waals surface area contributed by atoms with E-state index in [4.69, 9.17) is 0 Å². The number of β-lactam (4-membered cyclic amide) rings is 1. The van der Waals surface area contributed by atoms with Crippen molar-refractivity contribution in [3.05, 3.63) is 11.3 Å². The Morgan fingerprint density at radius 3 is 2.50 bits per heavy atom. The van der Waals surface area contributed by atoms with E-state index >= 15 is 0 Å². The zero-order valence-electron chi connectivity index (χ0n) is 10.7. The number of carbonyl (C=O) groups excluding carboxylic acids is 2. The van der Waals surface area contributed by atoms with Gasteiger partial charge < -0.3 is 0 Å². The Morgan fingerprint density at radius 2 is 2.00 bits per heavy atom. The standard InChI is InChI=1S/C12H15Br2NO2S/c1-6-5-18-10-12(13,14)9(17)15(10)7(6)8(16)11(2,3)4/h10H,5H2,1-4H3. The number of rotatable bonds is 1. The van der Waals surface area contributed by atoms with Crippen LogP contribution in [0.4, 0.5) is 0 Å². The number of allylic oxidation sites excluding steroid dienone is 1. The summed E-state index contributed by atoms with van der Waals surface area (Å²) in [5, 5.41) is -0.0463. The summed E-state index contributed by atoms with van der Waals surface area (Å²) in [6, 6.07) is 0. The summed E-state index contributed by atoms with van der Waals surface area (Å²) in [5.74, 6) is 0.727. The second-order valence-corrected chi connectivity index (χ2v) is 10.3. The van der Waals surface area contributed by atoms with Crippen LogP contribution in [0.1, 0.15) is 27.7 Å². The highest BCUT2D eigenvalue weighted by atomic mass is 79.9. The minimum Gasteiger partial charge on any atom is -0.292 e. The molecule has 0 spiro atoms. The van der Waals surface area contributed by atoms with Crippen LogP contribution in [-0.2, 0) is 9.59 Å². The minimum atomic E-state index is -0.714. The smallest absolute Gasteiger partial charge is 0.258 e. The van der Waals surface area contributed by atoms with Crippen molar-refractivity contribution in [1.29, 1.82) is 0 Å². The lowest BCUT2D eigenvalue weighted by molar-refractivity contribution is -0.142. The third-order valence-electron chi connectivity index (χ3n) is 3.05. The van der Waals surface area contributed by atoms with Crippen LogP contribution in [0.25, 0.3) is 0 Å². The topological polar surface area (TPSA) is 37.4 Å². The predicted molar refractivity (Wildman–Crippen MR) is 80.8 cm³/mol. The summed E-state index contributed by atoms with van der Waals surface area (Å²) in [4.78, 5) is 26.2. The summed E-state index contributed by atoms with van der Waals surface area (Å²) in [7, 11) is 0. The monoisotopic (exact) mass is 395 g/mol. The molecule has 1 saturated heterocycles. The zero-order chi connectivity index (χ0) is 13.9. The molecule has 3 nitrogen and oxygen atoms in total. The van der Waals surface area contributed by atoms with Crippen molar-refractivity contribution >= 4 is 55.3 Å². The Morgan fingerprint density at radius 1 is 1.44 bits per heavy atom. The number of Topliss-reactive ketones (excluding diaryl/α,β-unsaturated/α-hetero) is 1. The first-order valence-electron chi connectivity index (χ1n) is 5.66. The Balaban J connectivity index is 2.41. The van der Waals surface area contributed by atoms with Crippen LogP contribution in [0.15, 0.2) is 11.3 Å². The molecule has 100 valence electrons. The van der Waals surface area contributed by atoms with Crippen molar-refractivity contribution in [2.24, 2.45) is 5.41 Å². The highest BCUT2D eigenvalue weighted by Crippen LogP contribution is 2.54. The molecular formula is C12H15Br2NO2S. The molecule has 0 N–H and O–H groups in total. The number of thioether (sulfide) groups is 1. The number of ketones is 1. The van der Waals surface area contributed by atoms with E-state index in [1.165, 1.54) is 0 Å². The highest BCUT2D eigenvalue weighted by Gasteiger charge is 2.62. The molecule has 2 aliphatic heterocycles. The Labute approximate surface area is 128 Å². The molecule has 0 aromatic heterocycles. The molecule has 0 aliphatic carbocycles. The quantitative estimate of drug-likeness (QED) is 0.504. The van der Waals surface area contributed by atoms with E-state index in [-0.39, 0.29) is 17.1 Å². The van der Waals surface area contributed by atoms with E-state index in [9.17, 15) is 9.59 Å². The van der Waals surface area contributed by atoms with Gasteiger partial charge in [0, 0.05) is 11.2 Å². The van der Waals surface area contributed by atoms with Gasteiger partial charge in [-0.3, -0.25) is 14.5 Å². The molecule has 0 bridgehead atoms. The van der Waals surface area contributed by atoms with Gasteiger partial charge in [-0.15, -0.1) is 11.8 Å². The molecule has 0 aromatic rings. The van der Waals surface area contributed by atoms with Crippen LogP contribution < -0.4 is 0 Å². The second-order valence-electron chi connectivity index (χ2n) is 5.67. The highest BCUT2D eigenvalue weighted by molar-refractivity contribution is 9.26. The van der Waals surface area contributed by atoms with E-state index in [0.717, 1.165) is 11.3 Å². The number of nitrogens with zero attached hydrogens (tertiary/aromatic N) is 1. The average Bonchev–Trinajstić information content (AvgIpc) is 2.25. The summed E-state index contributed by atoms with van der Waals surface area (Å²) >= 11 is 8.44. The van der Waals surface area contributed by atoms with E-state index in [0.29, 0.717) is 5.70 Å². The lowest BCUT2D eigenvalue weighted by atomic mass is 9.86. The van der Waals surface area contributed by atoms with Crippen LogP contribution in [-0.4, -0.2) is 31.0 Å². The maximum absolute atomic E-state index is 12.5. The third kappa shape index (κ3) is 2.00. The molecular weight excluding hydrogens is 382 g/mol. The van der Waals surface area contributed by atoms with Crippen molar-refractivity contribution in [2.45, 2.75) is 36.3 Å². The van der Waals surface area contributed by atoms with E-state index in [2.05, 4.69) is 31.9 Å². The van der Waals surface area contributed by atoms with Crippen LogP contribution in [0, 0.1) is 5.41 Å². The summed E-state index contributed by atoms with van der Waals surface area (Å²) in [6.07, 6.45) is 0. The SMILES string of the molecule is CC1=C(C(=O)C(C)(C)C)N2C(=O)C(Br)(Br)C2SC1. The van der Waals surface area contributed by atoms with Crippen LogP contribution in [0.3, 0.4) is 0 Å². The van der Waals surface area contributed by atoms with E-state index in [1.807, 2.05) is 27.7 Å². The van der Waals surface area contributed by atoms with Gasteiger partial charge in [-0.05, 0) is 12.5 Å². The number of halogens is 2. The summed E-state index contributed by atoms with van der Waals surface area (Å²) in [5.41, 5.74) is 1.10. The lowest BCUT2D eigenvalue weighted by Crippen LogP contribution is -2.68. The first kappa shape index (κ1) is 14.6. The number of carbonyl (C=O) groups is 2. The Bertz CT molecular complexity index is 465. The summed E-state index contributed by atoms with van der Waals surface area (Å²) in [6.45, 7) is 7.57. The number of alkyl halides is 2. The lowest BCUT2D eigenvalue weighted by Gasteiger charge is -2.53.